The maximum atomic E-state index is 11.8. The minimum Gasteiger partial charge on any atom is -0.324 e. The Kier molecular flexibility index (Phi) is 2.83. The summed E-state index contributed by atoms with van der Waals surface area (Å²) in [5.74, 6) is 0. The molecule has 0 saturated carbocycles. The van der Waals surface area contributed by atoms with Gasteiger partial charge in [-0.15, -0.1) is 0 Å². The summed E-state index contributed by atoms with van der Waals surface area (Å²) < 4.78 is 11.8. The van der Waals surface area contributed by atoms with E-state index in [1.54, 1.807) is 11.3 Å². The van der Waals surface area contributed by atoms with Gasteiger partial charge in [-0.2, -0.15) is 11.3 Å². The van der Waals surface area contributed by atoms with Gasteiger partial charge in [0.15, 0.2) is 0 Å². The Bertz CT molecular complexity index is 174. The lowest BCUT2D eigenvalue weighted by Gasteiger charge is -2.04. The zero-order valence-corrected chi connectivity index (χ0v) is 6.40. The van der Waals surface area contributed by atoms with E-state index < -0.39 is 0 Å². The van der Waals surface area contributed by atoms with Gasteiger partial charge in [0, 0.05) is 6.04 Å². The van der Waals surface area contributed by atoms with Crippen LogP contribution in [0.25, 0.3) is 0 Å². The number of hydrogen-bond donors (Lipinski definition) is 1. The predicted molar refractivity (Wildman–Crippen MR) is 41.8 cm³/mol. The molecule has 10 heavy (non-hydrogen) atoms. The molecule has 0 fully saturated rings. The second-order valence-electron chi connectivity index (χ2n) is 2.14. The molecule has 0 aliphatic rings. The van der Waals surface area contributed by atoms with Crippen LogP contribution < -0.4 is 5.73 Å². The number of thiophene rings is 1. The van der Waals surface area contributed by atoms with Crippen molar-refractivity contribution in [1.82, 2.24) is 0 Å². The molecule has 1 aromatic heterocycles. The Hall–Kier alpha value is -0.410. The summed E-state index contributed by atoms with van der Waals surface area (Å²) in [6.45, 7) is -0.336. The van der Waals surface area contributed by atoms with Gasteiger partial charge in [0.25, 0.3) is 0 Å². The lowest BCUT2D eigenvalue weighted by molar-refractivity contribution is 0.442. The molecule has 0 bridgehead atoms. The summed E-state index contributed by atoms with van der Waals surface area (Å²) in [5.41, 5.74) is 6.66. The lowest BCUT2D eigenvalue weighted by atomic mass is 10.1. The molecule has 1 atom stereocenters. The van der Waals surface area contributed by atoms with Crippen molar-refractivity contribution in [2.45, 2.75) is 12.5 Å². The van der Waals surface area contributed by atoms with E-state index in [1.807, 2.05) is 16.8 Å². The van der Waals surface area contributed by atoms with Crippen molar-refractivity contribution in [3.8, 4) is 0 Å². The molecule has 0 aliphatic heterocycles. The first kappa shape index (κ1) is 7.69. The SMILES string of the molecule is N[C@H](CCF)c1ccsc1. The van der Waals surface area contributed by atoms with E-state index >= 15 is 0 Å². The first-order valence-corrected chi connectivity index (χ1v) is 4.12. The highest BCUT2D eigenvalue weighted by Gasteiger charge is 2.04. The molecule has 0 unspecified atom stereocenters. The van der Waals surface area contributed by atoms with Gasteiger partial charge in [0.05, 0.1) is 6.67 Å². The molecule has 0 spiro atoms. The Balaban J connectivity index is 2.50. The molecule has 1 aromatic rings. The highest BCUT2D eigenvalue weighted by Crippen LogP contribution is 2.16. The molecule has 3 heteroatoms. The summed E-state index contributed by atoms with van der Waals surface area (Å²) >= 11 is 1.59. The van der Waals surface area contributed by atoms with Crippen molar-refractivity contribution in [3.63, 3.8) is 0 Å². The molecule has 1 nitrogen and oxygen atoms in total. The quantitative estimate of drug-likeness (QED) is 0.718. The van der Waals surface area contributed by atoms with Gasteiger partial charge in [0.2, 0.25) is 0 Å². The first-order valence-electron chi connectivity index (χ1n) is 3.18. The molecule has 0 radical (unpaired) electrons. The van der Waals surface area contributed by atoms with Crippen LogP contribution in [0.5, 0.6) is 0 Å². The number of alkyl halides is 1. The van der Waals surface area contributed by atoms with Crippen LogP contribution in [0.4, 0.5) is 4.39 Å². The third-order valence-corrected chi connectivity index (χ3v) is 2.09. The number of nitrogens with two attached hydrogens (primary N) is 1. The normalized spacial score (nSPS) is 13.4. The molecule has 0 saturated heterocycles. The molecule has 0 aliphatic carbocycles. The fourth-order valence-corrected chi connectivity index (χ4v) is 1.49. The zero-order valence-electron chi connectivity index (χ0n) is 5.59. The second kappa shape index (κ2) is 3.68. The van der Waals surface area contributed by atoms with Crippen LogP contribution in [0.15, 0.2) is 16.8 Å². The summed E-state index contributed by atoms with van der Waals surface area (Å²) in [6, 6.07) is 1.82. The van der Waals surface area contributed by atoms with E-state index in [0.717, 1.165) is 5.56 Å². The highest BCUT2D eigenvalue weighted by atomic mass is 32.1. The van der Waals surface area contributed by atoms with Gasteiger partial charge in [-0.05, 0) is 28.8 Å². The largest absolute Gasteiger partial charge is 0.324 e. The van der Waals surface area contributed by atoms with Crippen LogP contribution in [0, 0.1) is 0 Å². The van der Waals surface area contributed by atoms with Crippen molar-refractivity contribution in [2.75, 3.05) is 6.67 Å². The number of hydrogen-bond acceptors (Lipinski definition) is 2. The van der Waals surface area contributed by atoms with Gasteiger partial charge in [-0.3, -0.25) is 4.39 Å². The maximum Gasteiger partial charge on any atom is 0.0912 e. The minimum absolute atomic E-state index is 0.115. The smallest absolute Gasteiger partial charge is 0.0912 e. The van der Waals surface area contributed by atoms with Crippen molar-refractivity contribution < 1.29 is 4.39 Å². The Morgan fingerprint density at radius 1 is 1.70 bits per heavy atom. The highest BCUT2D eigenvalue weighted by molar-refractivity contribution is 7.07. The van der Waals surface area contributed by atoms with E-state index in [1.165, 1.54) is 0 Å². The molecule has 0 amide bonds. The first-order chi connectivity index (χ1) is 4.84. The van der Waals surface area contributed by atoms with Crippen molar-refractivity contribution in [1.29, 1.82) is 0 Å². The predicted octanol–water partition coefficient (Wildman–Crippen LogP) is 2.11. The van der Waals surface area contributed by atoms with Gasteiger partial charge in [-0.1, -0.05) is 0 Å². The van der Waals surface area contributed by atoms with Gasteiger partial charge in [-0.25, -0.2) is 0 Å². The molecule has 1 rings (SSSR count). The Labute approximate surface area is 63.7 Å². The van der Waals surface area contributed by atoms with Crippen molar-refractivity contribution >= 4 is 11.3 Å². The Morgan fingerprint density at radius 3 is 3.00 bits per heavy atom. The number of halogens is 1. The standard InChI is InChI=1S/C7H10FNS/c8-3-1-7(9)6-2-4-10-5-6/h2,4-5,7H,1,3,9H2/t7-/m1/s1. The monoisotopic (exact) mass is 159 g/mol. The van der Waals surface area contributed by atoms with Crippen LogP contribution in [0.1, 0.15) is 18.0 Å². The molecule has 56 valence electrons. The van der Waals surface area contributed by atoms with E-state index in [9.17, 15) is 4.39 Å². The molecule has 0 aromatic carbocycles. The van der Waals surface area contributed by atoms with Gasteiger partial charge in [0.1, 0.15) is 0 Å². The molecule has 1 heterocycles. The third kappa shape index (κ3) is 1.78. The number of rotatable bonds is 3. The zero-order chi connectivity index (χ0) is 7.40. The second-order valence-corrected chi connectivity index (χ2v) is 2.92. The summed E-state index contributed by atoms with van der Waals surface area (Å²) in [7, 11) is 0. The maximum absolute atomic E-state index is 11.8. The fourth-order valence-electron chi connectivity index (χ4n) is 0.770. The average Bonchev–Trinajstić information content (AvgIpc) is 2.38. The molecular weight excluding hydrogens is 149 g/mol. The topological polar surface area (TPSA) is 26.0 Å². The minimum atomic E-state index is -0.336. The summed E-state index contributed by atoms with van der Waals surface area (Å²) in [5, 5.41) is 3.91. The van der Waals surface area contributed by atoms with Crippen LogP contribution in [0.3, 0.4) is 0 Å². The van der Waals surface area contributed by atoms with Crippen molar-refractivity contribution in [2.24, 2.45) is 5.73 Å². The van der Waals surface area contributed by atoms with Crippen molar-refractivity contribution in [3.05, 3.63) is 22.4 Å². The summed E-state index contributed by atoms with van der Waals surface area (Å²) in [6.07, 6.45) is 0.427. The lowest BCUT2D eigenvalue weighted by Crippen LogP contribution is -2.09. The van der Waals surface area contributed by atoms with Crippen LogP contribution in [-0.2, 0) is 0 Å². The average molecular weight is 159 g/mol. The third-order valence-electron chi connectivity index (χ3n) is 1.39. The van der Waals surface area contributed by atoms with Gasteiger partial charge >= 0.3 is 0 Å². The van der Waals surface area contributed by atoms with E-state index in [2.05, 4.69) is 0 Å². The Morgan fingerprint density at radius 2 is 2.50 bits per heavy atom. The molecular formula is C7H10FNS. The van der Waals surface area contributed by atoms with E-state index in [0.29, 0.717) is 6.42 Å². The van der Waals surface area contributed by atoms with E-state index in [-0.39, 0.29) is 12.7 Å². The summed E-state index contributed by atoms with van der Waals surface area (Å²) in [4.78, 5) is 0. The van der Waals surface area contributed by atoms with Gasteiger partial charge < -0.3 is 5.73 Å². The van der Waals surface area contributed by atoms with Crippen LogP contribution >= 0.6 is 11.3 Å². The molecule has 2 N–H and O–H groups in total. The van der Waals surface area contributed by atoms with Crippen LogP contribution in [-0.4, -0.2) is 6.67 Å². The van der Waals surface area contributed by atoms with Crippen LogP contribution in [0.2, 0.25) is 0 Å². The van der Waals surface area contributed by atoms with E-state index in [4.69, 9.17) is 5.73 Å². The fraction of sp³-hybridized carbons (Fsp3) is 0.429.